The molecular weight excluding hydrogens is 509 g/mol. The van der Waals surface area contributed by atoms with Gasteiger partial charge >= 0.3 is 0 Å². The molecule has 11 heteroatoms. The Morgan fingerprint density at radius 1 is 1.00 bits per heavy atom. The molecule has 0 radical (unpaired) electrons. The van der Waals surface area contributed by atoms with Gasteiger partial charge in [-0.1, -0.05) is 0 Å². The molecule has 1 aliphatic carbocycles. The molecule has 4 heterocycles. The van der Waals surface area contributed by atoms with Crippen LogP contribution in [0.15, 0.2) is 18.3 Å². The summed E-state index contributed by atoms with van der Waals surface area (Å²) in [5, 5.41) is 2.72. The van der Waals surface area contributed by atoms with E-state index in [1.807, 2.05) is 4.57 Å². The van der Waals surface area contributed by atoms with Crippen molar-refractivity contribution >= 4 is 28.7 Å². The van der Waals surface area contributed by atoms with E-state index in [0.717, 1.165) is 51.6 Å². The fourth-order valence-corrected chi connectivity index (χ4v) is 6.20. The number of aromatic nitrogens is 4. The Balaban J connectivity index is 1.20. The Kier molecular flexibility index (Phi) is 7.42. The van der Waals surface area contributed by atoms with Crippen molar-refractivity contribution in [3.05, 3.63) is 41.6 Å². The van der Waals surface area contributed by atoms with Crippen molar-refractivity contribution in [3.8, 4) is 0 Å². The first-order chi connectivity index (χ1) is 19.0. The Bertz CT molecular complexity index is 1320. The van der Waals surface area contributed by atoms with Gasteiger partial charge in [-0.3, -0.25) is 9.36 Å². The minimum atomic E-state index is -1.05. The zero-order valence-corrected chi connectivity index (χ0v) is 21.8. The molecule has 2 saturated heterocycles. The van der Waals surface area contributed by atoms with Crippen molar-refractivity contribution < 1.29 is 22.7 Å². The van der Waals surface area contributed by atoms with E-state index in [1.165, 1.54) is 6.42 Å². The molecule has 3 aromatic rings. The van der Waals surface area contributed by atoms with Crippen LogP contribution in [0.3, 0.4) is 0 Å². The maximum atomic E-state index is 14.4. The van der Waals surface area contributed by atoms with Crippen molar-refractivity contribution in [1.29, 1.82) is 0 Å². The molecule has 39 heavy (non-hydrogen) atoms. The van der Waals surface area contributed by atoms with Gasteiger partial charge in [-0.2, -0.15) is 0 Å². The number of nitrogens with zero attached hydrogens (tertiary/aromatic N) is 5. The zero-order chi connectivity index (χ0) is 26.9. The molecule has 1 aromatic carbocycles. The van der Waals surface area contributed by atoms with Crippen LogP contribution in [-0.2, 0) is 16.0 Å². The number of halogens is 3. The molecule has 3 fully saturated rings. The summed E-state index contributed by atoms with van der Waals surface area (Å²) in [6, 6.07) is 1.14. The minimum Gasteiger partial charge on any atom is -0.379 e. The molecule has 3 aliphatic rings. The van der Waals surface area contributed by atoms with Gasteiger partial charge in [0.05, 0.1) is 18.8 Å². The zero-order valence-electron chi connectivity index (χ0n) is 21.8. The average Bonchev–Trinajstić information content (AvgIpc) is 3.58. The van der Waals surface area contributed by atoms with Gasteiger partial charge in [0.1, 0.15) is 22.8 Å². The Labute approximate surface area is 225 Å². The number of rotatable bonds is 6. The second kappa shape index (κ2) is 11.1. The van der Waals surface area contributed by atoms with Gasteiger partial charge in [0.15, 0.2) is 17.3 Å². The predicted octanol–water partition coefficient (Wildman–Crippen LogP) is 5.31. The quantitative estimate of drug-likeness (QED) is 0.455. The van der Waals surface area contributed by atoms with Crippen molar-refractivity contribution in [3.63, 3.8) is 0 Å². The van der Waals surface area contributed by atoms with Crippen molar-refractivity contribution in [2.24, 2.45) is 11.8 Å². The highest BCUT2D eigenvalue weighted by molar-refractivity contribution is 5.79. The van der Waals surface area contributed by atoms with E-state index in [-0.39, 0.29) is 17.9 Å². The summed E-state index contributed by atoms with van der Waals surface area (Å²) >= 11 is 0. The first-order valence-electron chi connectivity index (χ1n) is 14.0. The second-order valence-corrected chi connectivity index (χ2v) is 11.0. The van der Waals surface area contributed by atoms with E-state index in [1.54, 1.807) is 6.20 Å². The van der Waals surface area contributed by atoms with Gasteiger partial charge in [-0.25, -0.2) is 28.1 Å². The summed E-state index contributed by atoms with van der Waals surface area (Å²) in [5.74, 6) is -1.38. The van der Waals surface area contributed by atoms with Crippen LogP contribution in [-0.4, -0.2) is 56.6 Å². The lowest BCUT2D eigenvalue weighted by molar-refractivity contribution is -0.137. The molecule has 208 valence electrons. The number of anilines is 2. The second-order valence-electron chi connectivity index (χ2n) is 11.0. The van der Waals surface area contributed by atoms with Crippen molar-refractivity contribution in [2.75, 3.05) is 31.6 Å². The van der Waals surface area contributed by atoms with Crippen LogP contribution >= 0.6 is 0 Å². The minimum absolute atomic E-state index is 0.118. The number of likely N-dealkylation sites (tertiary alicyclic amines) is 1. The van der Waals surface area contributed by atoms with E-state index in [2.05, 4.69) is 20.2 Å². The maximum Gasteiger partial charge on any atom is 0.225 e. The van der Waals surface area contributed by atoms with Gasteiger partial charge in [0.25, 0.3) is 0 Å². The number of hydrogen-bond donors (Lipinski definition) is 1. The number of hydrogen-bond acceptors (Lipinski definition) is 6. The van der Waals surface area contributed by atoms with Crippen molar-refractivity contribution in [1.82, 2.24) is 24.4 Å². The third-order valence-electron chi connectivity index (χ3n) is 8.33. The van der Waals surface area contributed by atoms with E-state index in [0.29, 0.717) is 67.0 Å². The maximum absolute atomic E-state index is 14.4. The first kappa shape index (κ1) is 26.0. The summed E-state index contributed by atoms with van der Waals surface area (Å²) in [5.41, 5.74) is 0.581. The predicted molar refractivity (Wildman–Crippen MR) is 139 cm³/mol. The van der Waals surface area contributed by atoms with E-state index in [4.69, 9.17) is 9.72 Å². The molecule has 6 rings (SSSR count). The fourth-order valence-electron chi connectivity index (χ4n) is 6.20. The highest BCUT2D eigenvalue weighted by atomic mass is 19.1. The van der Waals surface area contributed by atoms with Gasteiger partial charge in [-0.05, 0) is 57.3 Å². The number of carbonyl (C=O) groups is 1. The molecular formula is C28H33F3N6O2. The number of benzene rings is 1. The van der Waals surface area contributed by atoms with Gasteiger partial charge in [0.2, 0.25) is 11.9 Å². The molecule has 0 bridgehead atoms. The van der Waals surface area contributed by atoms with Crippen LogP contribution in [0.2, 0.25) is 0 Å². The highest BCUT2D eigenvalue weighted by Crippen LogP contribution is 2.34. The van der Waals surface area contributed by atoms with Crippen LogP contribution in [0.25, 0.3) is 11.2 Å². The van der Waals surface area contributed by atoms with Gasteiger partial charge < -0.3 is 15.0 Å². The van der Waals surface area contributed by atoms with Crippen LogP contribution < -0.4 is 5.32 Å². The normalized spacial score (nSPS) is 23.9. The molecule has 2 aromatic heterocycles. The average molecular weight is 543 g/mol. The molecule has 0 unspecified atom stereocenters. The lowest BCUT2D eigenvalue weighted by atomic mass is 9.79. The number of amides is 1. The molecule has 1 saturated carbocycles. The lowest BCUT2D eigenvalue weighted by Crippen LogP contribution is -2.40. The standard InChI is InChI=1S/C28H33F3N6O2/c29-19-13-21(30)25(22(31)14-19)35-28-33-23-15-32-24(34-26(23)37(28)20-8-11-39-16-20)12-17-4-6-18(7-5-17)27(38)36-9-2-1-3-10-36/h13-15,17-18,20H,1-12,16H2,(H,33,35)/t17?,18?,20-/m1/s1. The Morgan fingerprint density at radius 2 is 1.74 bits per heavy atom. The summed E-state index contributed by atoms with van der Waals surface area (Å²) in [6.07, 6.45) is 10.1. The monoisotopic (exact) mass is 542 g/mol. The number of imidazole rings is 1. The number of ether oxygens (including phenoxy) is 1. The number of fused-ring (bicyclic) bond motifs is 1. The van der Waals surface area contributed by atoms with Gasteiger partial charge in [0, 0.05) is 44.2 Å². The Hall–Kier alpha value is -3.21. The number of nitrogens with one attached hydrogen (secondary N) is 1. The topological polar surface area (TPSA) is 85.2 Å². The van der Waals surface area contributed by atoms with Crippen LogP contribution in [0, 0.1) is 29.3 Å². The van der Waals surface area contributed by atoms with Crippen LogP contribution in [0.4, 0.5) is 24.8 Å². The fraction of sp³-hybridized carbons (Fsp3) is 0.571. The smallest absolute Gasteiger partial charge is 0.225 e. The SMILES string of the molecule is O=C(C1CCC(Cc2ncc3nc(Nc4c(F)cc(F)cc4F)n([C@@H]4CCOC4)c3n2)CC1)N1CCCCC1. The van der Waals surface area contributed by atoms with Crippen LogP contribution in [0.1, 0.15) is 63.2 Å². The largest absolute Gasteiger partial charge is 0.379 e. The van der Waals surface area contributed by atoms with Gasteiger partial charge in [-0.15, -0.1) is 0 Å². The summed E-state index contributed by atoms with van der Waals surface area (Å²) < 4.78 is 49.7. The van der Waals surface area contributed by atoms with Crippen LogP contribution in [0.5, 0.6) is 0 Å². The lowest BCUT2D eigenvalue weighted by Gasteiger charge is -2.33. The highest BCUT2D eigenvalue weighted by Gasteiger charge is 2.31. The van der Waals surface area contributed by atoms with E-state index in [9.17, 15) is 18.0 Å². The molecule has 1 N–H and O–H groups in total. The molecule has 1 atom stereocenters. The molecule has 0 spiro atoms. The first-order valence-corrected chi connectivity index (χ1v) is 14.0. The van der Waals surface area contributed by atoms with E-state index < -0.39 is 23.1 Å². The third-order valence-corrected chi connectivity index (χ3v) is 8.33. The molecule has 8 nitrogen and oxygen atoms in total. The summed E-state index contributed by atoms with van der Waals surface area (Å²) in [6.45, 7) is 2.76. The molecule has 2 aliphatic heterocycles. The number of carbonyl (C=O) groups excluding carboxylic acids is 1. The third kappa shape index (κ3) is 5.46. The summed E-state index contributed by atoms with van der Waals surface area (Å²) in [7, 11) is 0. The summed E-state index contributed by atoms with van der Waals surface area (Å²) in [4.78, 5) is 28.9. The van der Waals surface area contributed by atoms with Crippen molar-refractivity contribution in [2.45, 2.75) is 63.8 Å². The Morgan fingerprint density at radius 3 is 2.44 bits per heavy atom. The molecule has 1 amide bonds. The van der Waals surface area contributed by atoms with E-state index >= 15 is 0 Å². The number of piperidine rings is 1.